The third kappa shape index (κ3) is 2.57. The van der Waals surface area contributed by atoms with Gasteiger partial charge < -0.3 is 11.1 Å². The molecule has 3 N–H and O–H groups in total. The lowest BCUT2D eigenvalue weighted by Crippen LogP contribution is -2.13. The van der Waals surface area contributed by atoms with Gasteiger partial charge in [0.1, 0.15) is 5.01 Å². The van der Waals surface area contributed by atoms with Gasteiger partial charge in [0.05, 0.1) is 6.04 Å². The van der Waals surface area contributed by atoms with E-state index in [-0.39, 0.29) is 12.0 Å². The molecule has 0 saturated heterocycles. The lowest BCUT2D eigenvalue weighted by molar-refractivity contribution is 0.785. The molecule has 9 heteroatoms. The first-order valence-electron chi connectivity index (χ1n) is 5.90. The molecule has 0 radical (unpaired) electrons. The fraction of sp³-hybridized carbons (Fsp3) is 0.182. The average molecular weight is 288 g/mol. The molecular weight excluding hydrogens is 276 g/mol. The van der Waals surface area contributed by atoms with Crippen molar-refractivity contribution < 1.29 is 0 Å². The Morgan fingerprint density at radius 2 is 2.20 bits per heavy atom. The van der Waals surface area contributed by atoms with Crippen molar-refractivity contribution >= 4 is 23.2 Å². The first-order valence-corrected chi connectivity index (χ1v) is 6.78. The highest BCUT2D eigenvalue weighted by atomic mass is 32.1. The Morgan fingerprint density at radius 3 is 2.90 bits per heavy atom. The Hall–Kier alpha value is -2.55. The summed E-state index contributed by atoms with van der Waals surface area (Å²) in [5.41, 5.74) is 5.70. The van der Waals surface area contributed by atoms with Crippen molar-refractivity contribution in [2.75, 3.05) is 11.1 Å². The first kappa shape index (κ1) is 12.5. The smallest absolute Gasteiger partial charge is 0.257 e. The van der Waals surface area contributed by atoms with Crippen molar-refractivity contribution in [2.45, 2.75) is 13.0 Å². The van der Waals surface area contributed by atoms with Crippen LogP contribution in [0, 0.1) is 0 Å². The topological polar surface area (TPSA) is 107 Å². The summed E-state index contributed by atoms with van der Waals surface area (Å²) in [7, 11) is 0. The van der Waals surface area contributed by atoms with Gasteiger partial charge in [-0.3, -0.25) is 0 Å². The van der Waals surface area contributed by atoms with Crippen molar-refractivity contribution in [1.82, 2.24) is 29.7 Å². The number of anilines is 2. The number of nitrogens with two attached hydrogens (primary N) is 1. The number of nitrogens with one attached hydrogen (secondary N) is 1. The van der Waals surface area contributed by atoms with Crippen LogP contribution in [0.1, 0.15) is 18.0 Å². The molecule has 1 unspecified atom stereocenters. The molecule has 0 saturated carbocycles. The highest BCUT2D eigenvalue weighted by Gasteiger charge is 2.12. The zero-order valence-corrected chi connectivity index (χ0v) is 11.4. The standard InChI is InChI=1S/C11H12N8S/c1-7(8-13-4-6-20-8)15-10-16-9(12)17-11(18-10)19-5-2-3-14-19/h2-7H,1H3,(H3,12,15,16,17,18). The summed E-state index contributed by atoms with van der Waals surface area (Å²) in [4.78, 5) is 16.7. The molecule has 3 aromatic rings. The van der Waals surface area contributed by atoms with Gasteiger partial charge >= 0.3 is 0 Å². The summed E-state index contributed by atoms with van der Waals surface area (Å²) in [6.45, 7) is 1.98. The van der Waals surface area contributed by atoms with E-state index in [2.05, 4.69) is 30.4 Å². The van der Waals surface area contributed by atoms with E-state index in [9.17, 15) is 0 Å². The number of aromatic nitrogens is 6. The van der Waals surface area contributed by atoms with Crippen LogP contribution >= 0.6 is 11.3 Å². The second kappa shape index (κ2) is 5.21. The number of rotatable bonds is 4. The third-order valence-electron chi connectivity index (χ3n) is 2.52. The van der Waals surface area contributed by atoms with E-state index in [1.165, 1.54) is 4.68 Å². The predicted octanol–water partition coefficient (Wildman–Crippen LogP) is 1.27. The van der Waals surface area contributed by atoms with E-state index in [1.54, 1.807) is 36.0 Å². The molecule has 0 aliphatic carbocycles. The van der Waals surface area contributed by atoms with E-state index in [1.807, 2.05) is 12.3 Å². The molecule has 8 nitrogen and oxygen atoms in total. The van der Waals surface area contributed by atoms with Gasteiger partial charge in [-0.05, 0) is 13.0 Å². The van der Waals surface area contributed by atoms with Crippen LogP contribution in [0.25, 0.3) is 5.95 Å². The fourth-order valence-electron chi connectivity index (χ4n) is 1.64. The molecule has 20 heavy (non-hydrogen) atoms. The Kier molecular flexibility index (Phi) is 3.25. The quantitative estimate of drug-likeness (QED) is 0.744. The van der Waals surface area contributed by atoms with Gasteiger partial charge in [-0.2, -0.15) is 20.1 Å². The van der Waals surface area contributed by atoms with Crippen LogP contribution in [0.3, 0.4) is 0 Å². The van der Waals surface area contributed by atoms with Gasteiger partial charge in [0.15, 0.2) is 0 Å². The van der Waals surface area contributed by atoms with Crippen LogP contribution in [0.2, 0.25) is 0 Å². The zero-order chi connectivity index (χ0) is 13.9. The van der Waals surface area contributed by atoms with Crippen molar-refractivity contribution in [3.8, 4) is 5.95 Å². The summed E-state index contributed by atoms with van der Waals surface area (Å²) in [6.07, 6.45) is 5.14. The molecule has 3 heterocycles. The Balaban J connectivity index is 1.87. The summed E-state index contributed by atoms with van der Waals surface area (Å²) in [6, 6.07) is 1.77. The maximum absolute atomic E-state index is 5.70. The summed E-state index contributed by atoms with van der Waals surface area (Å²) >= 11 is 1.56. The van der Waals surface area contributed by atoms with Gasteiger partial charge in [-0.15, -0.1) is 11.3 Å². The minimum atomic E-state index is -0.0118. The molecule has 0 bridgehead atoms. The normalized spacial score (nSPS) is 12.2. The van der Waals surface area contributed by atoms with E-state index in [0.29, 0.717) is 11.9 Å². The molecule has 0 fully saturated rings. The van der Waals surface area contributed by atoms with E-state index in [0.717, 1.165) is 5.01 Å². The molecule has 0 aliphatic rings. The van der Waals surface area contributed by atoms with Crippen LogP contribution < -0.4 is 11.1 Å². The van der Waals surface area contributed by atoms with E-state index >= 15 is 0 Å². The lowest BCUT2D eigenvalue weighted by Gasteiger charge is -2.11. The SMILES string of the molecule is CC(Nc1nc(N)nc(-n2cccn2)n1)c1nccs1. The zero-order valence-electron chi connectivity index (χ0n) is 10.6. The maximum Gasteiger partial charge on any atom is 0.257 e. The van der Waals surface area contributed by atoms with Crippen molar-refractivity contribution in [3.63, 3.8) is 0 Å². The van der Waals surface area contributed by atoms with Crippen molar-refractivity contribution in [3.05, 3.63) is 35.0 Å². The van der Waals surface area contributed by atoms with Gasteiger partial charge in [-0.1, -0.05) is 0 Å². The van der Waals surface area contributed by atoms with Crippen LogP contribution in [-0.2, 0) is 0 Å². The molecule has 0 spiro atoms. The number of hydrogen-bond acceptors (Lipinski definition) is 8. The van der Waals surface area contributed by atoms with Gasteiger partial charge in [0.2, 0.25) is 11.9 Å². The Morgan fingerprint density at radius 1 is 1.30 bits per heavy atom. The monoisotopic (exact) mass is 288 g/mol. The number of nitrogen functional groups attached to an aromatic ring is 1. The summed E-state index contributed by atoms with van der Waals surface area (Å²) < 4.78 is 1.53. The third-order valence-corrected chi connectivity index (χ3v) is 3.48. The highest BCUT2D eigenvalue weighted by molar-refractivity contribution is 7.09. The highest BCUT2D eigenvalue weighted by Crippen LogP contribution is 2.19. The van der Waals surface area contributed by atoms with Gasteiger partial charge in [-0.25, -0.2) is 9.67 Å². The number of thiazole rings is 1. The summed E-state index contributed by atoms with van der Waals surface area (Å²) in [5.74, 6) is 0.904. The molecule has 3 rings (SSSR count). The van der Waals surface area contributed by atoms with Crippen molar-refractivity contribution in [1.29, 1.82) is 0 Å². The van der Waals surface area contributed by atoms with Crippen LogP contribution in [-0.4, -0.2) is 29.7 Å². The molecule has 102 valence electrons. The number of hydrogen-bond donors (Lipinski definition) is 2. The Bertz CT molecular complexity index is 679. The molecule has 0 amide bonds. The molecule has 1 atom stereocenters. The fourth-order valence-corrected chi connectivity index (χ4v) is 2.28. The average Bonchev–Trinajstić information content (AvgIpc) is 3.12. The maximum atomic E-state index is 5.70. The van der Waals surface area contributed by atoms with Crippen LogP contribution in [0.5, 0.6) is 0 Å². The summed E-state index contributed by atoms with van der Waals surface area (Å²) in [5, 5.41) is 10.1. The van der Waals surface area contributed by atoms with E-state index < -0.39 is 0 Å². The van der Waals surface area contributed by atoms with Gasteiger partial charge in [0, 0.05) is 24.0 Å². The molecule has 0 aromatic carbocycles. The second-order valence-electron chi connectivity index (χ2n) is 4.00. The first-order chi connectivity index (χ1) is 9.72. The lowest BCUT2D eigenvalue weighted by atomic mass is 10.4. The molecule has 0 aliphatic heterocycles. The van der Waals surface area contributed by atoms with Crippen LogP contribution in [0.15, 0.2) is 30.0 Å². The molecular formula is C11H12N8S. The van der Waals surface area contributed by atoms with Crippen LogP contribution in [0.4, 0.5) is 11.9 Å². The van der Waals surface area contributed by atoms with E-state index in [4.69, 9.17) is 5.73 Å². The second-order valence-corrected chi connectivity index (χ2v) is 4.93. The largest absolute Gasteiger partial charge is 0.368 e. The number of nitrogens with zero attached hydrogens (tertiary/aromatic N) is 6. The minimum Gasteiger partial charge on any atom is -0.368 e. The predicted molar refractivity (Wildman–Crippen MR) is 75.5 cm³/mol. The Labute approximate surface area is 118 Å². The van der Waals surface area contributed by atoms with Crippen molar-refractivity contribution in [2.24, 2.45) is 0 Å². The minimum absolute atomic E-state index is 0.0118. The van der Waals surface area contributed by atoms with Gasteiger partial charge in [0.25, 0.3) is 5.95 Å². The molecule has 3 aromatic heterocycles.